The molecule has 1 aliphatic heterocycles. The van der Waals surface area contributed by atoms with Gasteiger partial charge >= 0.3 is 0 Å². The molecule has 5 nitrogen and oxygen atoms in total. The Bertz CT molecular complexity index is 947. The summed E-state index contributed by atoms with van der Waals surface area (Å²) in [7, 11) is 1.70. The van der Waals surface area contributed by atoms with Crippen LogP contribution in [0.2, 0.25) is 0 Å². The fourth-order valence-electron chi connectivity index (χ4n) is 10.1. The maximum atomic E-state index is 12.5. The zero-order valence-electron chi connectivity index (χ0n) is 23.3. The lowest BCUT2D eigenvalue weighted by Crippen LogP contribution is -2.63. The van der Waals surface area contributed by atoms with E-state index in [0.717, 1.165) is 63.8 Å². The van der Waals surface area contributed by atoms with Crippen molar-refractivity contribution >= 4 is 0 Å². The van der Waals surface area contributed by atoms with Crippen molar-refractivity contribution in [3.63, 3.8) is 0 Å². The highest BCUT2D eigenvalue weighted by atomic mass is 16.5. The average Bonchev–Trinajstić information content (AvgIpc) is 3.51. The monoisotopic (exact) mass is 511 g/mol. The topological polar surface area (TPSA) is 62.2 Å². The van der Waals surface area contributed by atoms with Gasteiger partial charge < -0.3 is 24.6 Å². The van der Waals surface area contributed by atoms with Crippen molar-refractivity contribution in [1.29, 1.82) is 0 Å². The number of likely N-dealkylation sites (tertiary alicyclic amines) is 1. The third kappa shape index (κ3) is 4.10. The fraction of sp³-hybridized carbons (Fsp3) is 0.812. The van der Waals surface area contributed by atoms with Gasteiger partial charge in [0, 0.05) is 17.9 Å². The first-order valence-corrected chi connectivity index (χ1v) is 15.2. The van der Waals surface area contributed by atoms with Gasteiger partial charge in [-0.3, -0.25) is 0 Å². The molecule has 0 aromatic heterocycles. The van der Waals surface area contributed by atoms with Crippen LogP contribution in [0.1, 0.15) is 89.5 Å². The van der Waals surface area contributed by atoms with Crippen LogP contribution in [-0.2, 0) is 4.74 Å². The summed E-state index contributed by atoms with van der Waals surface area (Å²) in [6.45, 7) is 9.10. The molecule has 1 aromatic rings. The number of fused-ring (bicyclic) bond motifs is 5. The van der Waals surface area contributed by atoms with Crippen LogP contribution in [0.4, 0.5) is 0 Å². The van der Waals surface area contributed by atoms with Crippen LogP contribution >= 0.6 is 0 Å². The van der Waals surface area contributed by atoms with Crippen LogP contribution in [0.3, 0.4) is 0 Å². The molecule has 1 aromatic carbocycles. The Morgan fingerprint density at radius 2 is 1.62 bits per heavy atom. The molecule has 0 bridgehead atoms. The molecule has 37 heavy (non-hydrogen) atoms. The lowest BCUT2D eigenvalue weighted by Gasteiger charge is -2.64. The Hall–Kier alpha value is -1.14. The highest BCUT2D eigenvalue weighted by Gasteiger charge is 2.68. The first-order chi connectivity index (χ1) is 17.8. The van der Waals surface area contributed by atoms with E-state index in [2.05, 4.69) is 30.9 Å². The van der Waals surface area contributed by atoms with Gasteiger partial charge in [-0.15, -0.1) is 0 Å². The molecule has 6 rings (SSSR count). The first-order valence-electron chi connectivity index (χ1n) is 15.2. The predicted octanol–water partition coefficient (Wildman–Crippen LogP) is 5.39. The van der Waals surface area contributed by atoms with E-state index >= 15 is 0 Å². The number of ether oxygens (including phenoxy) is 2. The normalized spacial score (nSPS) is 45.8. The largest absolute Gasteiger partial charge is 0.497 e. The SMILES string of the molecule is COc1ccc(C2C(O)CC[C@@]3(C)C2CC[C@@H]2[C@H]3CC[C@]3(C)C(OCCN4CCCC4)CC[C@@]23O)cc1. The minimum atomic E-state index is -0.631. The second-order valence-corrected chi connectivity index (χ2v) is 13.6. The van der Waals surface area contributed by atoms with Crippen LogP contribution in [0.15, 0.2) is 24.3 Å². The summed E-state index contributed by atoms with van der Waals surface area (Å²) in [4.78, 5) is 2.53. The number of aliphatic hydroxyl groups is 2. The van der Waals surface area contributed by atoms with E-state index in [1.807, 2.05) is 12.1 Å². The molecule has 5 aliphatic rings. The van der Waals surface area contributed by atoms with Gasteiger partial charge in [0.1, 0.15) is 5.75 Å². The Balaban J connectivity index is 1.20. The van der Waals surface area contributed by atoms with Crippen molar-refractivity contribution in [3.05, 3.63) is 29.8 Å². The number of methoxy groups -OCH3 is 1. The van der Waals surface area contributed by atoms with E-state index in [4.69, 9.17) is 9.47 Å². The zero-order chi connectivity index (χ0) is 25.8. The Labute approximate surface area is 223 Å². The number of benzene rings is 1. The molecule has 5 heteroatoms. The molecule has 2 N–H and O–H groups in total. The predicted molar refractivity (Wildman–Crippen MR) is 146 cm³/mol. The number of hydrogen-bond acceptors (Lipinski definition) is 5. The molecule has 206 valence electrons. The molecule has 4 unspecified atom stereocenters. The maximum absolute atomic E-state index is 12.5. The molecule has 4 aliphatic carbocycles. The molecule has 0 spiro atoms. The summed E-state index contributed by atoms with van der Waals surface area (Å²) < 4.78 is 12.0. The summed E-state index contributed by atoms with van der Waals surface area (Å²) in [6.07, 6.45) is 10.7. The number of rotatable bonds is 6. The van der Waals surface area contributed by atoms with Gasteiger partial charge in [-0.1, -0.05) is 26.0 Å². The van der Waals surface area contributed by atoms with E-state index in [0.29, 0.717) is 17.8 Å². The van der Waals surface area contributed by atoms with Gasteiger partial charge in [0.15, 0.2) is 0 Å². The lowest BCUT2D eigenvalue weighted by molar-refractivity contribution is -0.224. The van der Waals surface area contributed by atoms with Crippen molar-refractivity contribution in [2.45, 2.75) is 102 Å². The van der Waals surface area contributed by atoms with Gasteiger partial charge in [-0.25, -0.2) is 0 Å². The highest BCUT2D eigenvalue weighted by molar-refractivity contribution is 5.32. The molecule has 4 saturated carbocycles. The van der Waals surface area contributed by atoms with Gasteiger partial charge in [0.25, 0.3) is 0 Å². The summed E-state index contributed by atoms with van der Waals surface area (Å²) >= 11 is 0. The van der Waals surface area contributed by atoms with E-state index < -0.39 is 5.60 Å². The van der Waals surface area contributed by atoms with Crippen molar-refractivity contribution in [2.75, 3.05) is 33.4 Å². The first kappa shape index (κ1) is 26.1. The summed E-state index contributed by atoms with van der Waals surface area (Å²) in [5, 5.41) is 23.7. The molecule has 0 radical (unpaired) electrons. The average molecular weight is 512 g/mol. The smallest absolute Gasteiger partial charge is 0.118 e. The van der Waals surface area contributed by atoms with Crippen molar-refractivity contribution in [2.24, 2.45) is 28.6 Å². The van der Waals surface area contributed by atoms with Crippen LogP contribution < -0.4 is 4.74 Å². The third-order valence-corrected chi connectivity index (χ3v) is 12.3. The second kappa shape index (κ2) is 9.80. The van der Waals surface area contributed by atoms with Crippen molar-refractivity contribution in [1.82, 2.24) is 4.90 Å². The van der Waals surface area contributed by atoms with Crippen LogP contribution in [-0.4, -0.2) is 66.3 Å². The standard InChI is InChI=1S/C32H49NO4/c1-30-15-13-27(34)29(22-6-8-23(36-3)9-7-22)26(30)11-10-25-24(30)12-16-31(2)28(14-17-32(25,31)35)37-21-20-33-18-4-5-19-33/h6-9,24-29,34-35H,4-5,10-21H2,1-3H3/t24-,25-,26?,27?,28?,29?,30-,31-,32-/m1/s1. The highest BCUT2D eigenvalue weighted by Crippen LogP contribution is 2.69. The molecule has 0 amide bonds. The molecule has 9 atom stereocenters. The summed E-state index contributed by atoms with van der Waals surface area (Å²) in [6, 6.07) is 8.40. The molecule has 5 fully saturated rings. The molecule has 1 saturated heterocycles. The zero-order valence-corrected chi connectivity index (χ0v) is 23.3. The van der Waals surface area contributed by atoms with E-state index in [9.17, 15) is 10.2 Å². The third-order valence-electron chi connectivity index (χ3n) is 12.3. The van der Waals surface area contributed by atoms with Crippen molar-refractivity contribution in [3.8, 4) is 5.75 Å². The van der Waals surface area contributed by atoms with Gasteiger partial charge in [-0.05, 0) is 118 Å². The Kier molecular flexibility index (Phi) is 6.91. The van der Waals surface area contributed by atoms with Gasteiger partial charge in [0.05, 0.1) is 31.5 Å². The lowest BCUT2D eigenvalue weighted by atomic mass is 9.42. The quantitative estimate of drug-likeness (QED) is 0.536. The fourth-order valence-corrected chi connectivity index (χ4v) is 10.1. The van der Waals surface area contributed by atoms with Crippen LogP contribution in [0.5, 0.6) is 5.75 Å². The van der Waals surface area contributed by atoms with Crippen molar-refractivity contribution < 1.29 is 19.7 Å². The van der Waals surface area contributed by atoms with E-state index in [-0.39, 0.29) is 29.0 Å². The second-order valence-electron chi connectivity index (χ2n) is 13.6. The number of hydrogen-bond donors (Lipinski definition) is 2. The summed E-state index contributed by atoms with van der Waals surface area (Å²) in [5.74, 6) is 2.34. The molecule has 1 heterocycles. The summed E-state index contributed by atoms with van der Waals surface area (Å²) in [5.41, 5.74) is 0.618. The minimum absolute atomic E-state index is 0.147. The number of nitrogens with zero attached hydrogens (tertiary/aromatic N) is 1. The van der Waals surface area contributed by atoms with Crippen LogP contribution in [0.25, 0.3) is 0 Å². The minimum Gasteiger partial charge on any atom is -0.497 e. The van der Waals surface area contributed by atoms with Gasteiger partial charge in [0.2, 0.25) is 0 Å². The van der Waals surface area contributed by atoms with E-state index in [1.54, 1.807) is 7.11 Å². The Morgan fingerprint density at radius 3 is 2.35 bits per heavy atom. The molecular formula is C32H49NO4. The maximum Gasteiger partial charge on any atom is 0.118 e. The van der Waals surface area contributed by atoms with Gasteiger partial charge in [-0.2, -0.15) is 0 Å². The number of aliphatic hydroxyl groups excluding tert-OH is 1. The van der Waals surface area contributed by atoms with Crippen LogP contribution in [0, 0.1) is 28.6 Å². The van der Waals surface area contributed by atoms with E-state index in [1.165, 1.54) is 37.9 Å². The molecular weight excluding hydrogens is 462 g/mol. The Morgan fingerprint density at radius 1 is 0.892 bits per heavy atom.